The Hall–Kier alpha value is -2.21. The summed E-state index contributed by atoms with van der Waals surface area (Å²) in [7, 11) is -3.61. The molecule has 2 rings (SSSR count). The molecule has 152 valence electrons. The second-order valence-corrected chi connectivity index (χ2v) is 10.1. The Labute approximate surface area is 167 Å². The van der Waals surface area contributed by atoms with Crippen LogP contribution in [0, 0.1) is 10.1 Å². The van der Waals surface area contributed by atoms with E-state index in [1.165, 1.54) is 24.3 Å². The molecule has 0 N–H and O–H groups in total. The molecular formula is C22H29NO4S. The minimum absolute atomic E-state index is 0.0480. The second kappa shape index (κ2) is 8.43. The maximum Gasteiger partial charge on any atom is 0.269 e. The molecule has 0 spiro atoms. The van der Waals surface area contributed by atoms with Crippen LogP contribution in [0.1, 0.15) is 81.5 Å². The summed E-state index contributed by atoms with van der Waals surface area (Å²) in [5, 5.41) is 10.8. The molecule has 0 fully saturated rings. The van der Waals surface area contributed by atoms with Gasteiger partial charge in [0.25, 0.3) is 5.69 Å². The van der Waals surface area contributed by atoms with Gasteiger partial charge in [-0.15, -0.1) is 0 Å². The fourth-order valence-corrected chi connectivity index (χ4v) is 5.34. The highest BCUT2D eigenvalue weighted by molar-refractivity contribution is 7.90. The predicted molar refractivity (Wildman–Crippen MR) is 113 cm³/mol. The van der Waals surface area contributed by atoms with Crippen LogP contribution < -0.4 is 0 Å². The summed E-state index contributed by atoms with van der Waals surface area (Å²) in [6.07, 6.45) is 0. The average molecular weight is 404 g/mol. The lowest BCUT2D eigenvalue weighted by molar-refractivity contribution is -0.384. The molecule has 0 aliphatic rings. The van der Waals surface area contributed by atoms with E-state index in [9.17, 15) is 18.5 Å². The van der Waals surface area contributed by atoms with E-state index in [1.807, 2.05) is 39.8 Å². The third-order valence-corrected chi connectivity index (χ3v) is 6.70. The van der Waals surface area contributed by atoms with Crippen LogP contribution >= 0.6 is 0 Å². The van der Waals surface area contributed by atoms with Crippen molar-refractivity contribution in [3.63, 3.8) is 0 Å². The zero-order chi connectivity index (χ0) is 21.2. The Balaban J connectivity index is 2.61. The molecule has 5 nitrogen and oxygen atoms in total. The van der Waals surface area contributed by atoms with E-state index >= 15 is 0 Å². The minimum atomic E-state index is -3.61. The fraction of sp³-hybridized carbons (Fsp3) is 0.455. The van der Waals surface area contributed by atoms with Crippen molar-refractivity contribution in [1.82, 2.24) is 0 Å². The van der Waals surface area contributed by atoms with Gasteiger partial charge < -0.3 is 0 Å². The number of non-ortho nitro benzene ring substituents is 1. The zero-order valence-corrected chi connectivity index (χ0v) is 18.2. The first kappa shape index (κ1) is 22.1. The summed E-state index contributed by atoms with van der Waals surface area (Å²) >= 11 is 0. The standard InChI is InChI=1S/C22H29NO4S/c1-14(2)18-11-20(15(3)4)22(21(12-18)16(5)6)28(26,27)13-17-7-9-19(10-8-17)23(24)25/h7-12,14-16H,13H2,1-6H3. The normalized spacial score (nSPS) is 12.2. The lowest BCUT2D eigenvalue weighted by Crippen LogP contribution is -2.14. The van der Waals surface area contributed by atoms with Crippen LogP contribution in [0.2, 0.25) is 0 Å². The number of nitro benzene ring substituents is 1. The number of benzene rings is 2. The molecule has 0 saturated carbocycles. The Morgan fingerprint density at radius 2 is 1.32 bits per heavy atom. The molecule has 6 heteroatoms. The molecule has 0 radical (unpaired) electrons. The number of nitrogens with zero attached hydrogens (tertiary/aromatic N) is 1. The molecule has 0 saturated heterocycles. The van der Waals surface area contributed by atoms with Crippen molar-refractivity contribution in [1.29, 1.82) is 0 Å². The summed E-state index contributed by atoms with van der Waals surface area (Å²) in [6.45, 7) is 12.2. The predicted octanol–water partition coefficient (Wildman–Crippen LogP) is 5.94. The highest BCUT2D eigenvalue weighted by atomic mass is 32.2. The molecule has 0 atom stereocenters. The van der Waals surface area contributed by atoms with Crippen molar-refractivity contribution < 1.29 is 13.3 Å². The molecule has 0 aromatic heterocycles. The van der Waals surface area contributed by atoms with E-state index in [-0.39, 0.29) is 23.3 Å². The zero-order valence-electron chi connectivity index (χ0n) is 17.4. The van der Waals surface area contributed by atoms with Crippen molar-refractivity contribution >= 4 is 15.5 Å². The first-order valence-corrected chi connectivity index (χ1v) is 11.2. The molecule has 0 aliphatic carbocycles. The van der Waals surface area contributed by atoms with Gasteiger partial charge in [-0.25, -0.2) is 8.42 Å². The van der Waals surface area contributed by atoms with Gasteiger partial charge in [0, 0.05) is 12.1 Å². The number of sulfone groups is 1. The van der Waals surface area contributed by atoms with Crippen molar-refractivity contribution in [2.24, 2.45) is 0 Å². The van der Waals surface area contributed by atoms with Crippen molar-refractivity contribution in [2.45, 2.75) is 69.9 Å². The molecule has 0 amide bonds. The summed E-state index contributed by atoms with van der Waals surface area (Å²) < 4.78 is 26.8. The maximum atomic E-state index is 13.4. The van der Waals surface area contributed by atoms with Gasteiger partial charge in [-0.2, -0.15) is 0 Å². The van der Waals surface area contributed by atoms with Gasteiger partial charge >= 0.3 is 0 Å². The molecule has 2 aromatic carbocycles. The number of hydrogen-bond donors (Lipinski definition) is 0. The summed E-state index contributed by atoms with van der Waals surface area (Å²) in [6, 6.07) is 9.76. The number of nitro groups is 1. The Morgan fingerprint density at radius 3 is 1.68 bits per heavy atom. The Morgan fingerprint density at radius 1 is 0.857 bits per heavy atom. The van der Waals surface area contributed by atoms with Crippen LogP contribution in [-0.4, -0.2) is 13.3 Å². The lowest BCUT2D eigenvalue weighted by atomic mass is 9.89. The summed E-state index contributed by atoms with van der Waals surface area (Å²) in [5.74, 6) is 0.267. The van der Waals surface area contributed by atoms with Crippen molar-refractivity contribution in [3.8, 4) is 0 Å². The smallest absolute Gasteiger partial charge is 0.258 e. The number of hydrogen-bond acceptors (Lipinski definition) is 4. The van der Waals surface area contributed by atoms with Crippen molar-refractivity contribution in [2.75, 3.05) is 0 Å². The summed E-state index contributed by atoms with van der Waals surface area (Å²) in [4.78, 5) is 10.8. The van der Waals surface area contributed by atoms with E-state index in [0.717, 1.165) is 16.7 Å². The van der Waals surface area contributed by atoms with E-state index in [4.69, 9.17) is 0 Å². The third kappa shape index (κ3) is 4.79. The van der Waals surface area contributed by atoms with Gasteiger partial charge in [-0.1, -0.05) is 65.8 Å². The van der Waals surface area contributed by atoms with E-state index in [2.05, 4.69) is 13.8 Å². The van der Waals surface area contributed by atoms with Gasteiger partial charge in [-0.05, 0) is 40.0 Å². The summed E-state index contributed by atoms with van der Waals surface area (Å²) in [5.41, 5.74) is 3.33. The van der Waals surface area contributed by atoms with Crippen LogP contribution in [-0.2, 0) is 15.6 Å². The molecule has 0 heterocycles. The third-order valence-electron chi connectivity index (χ3n) is 4.89. The van der Waals surface area contributed by atoms with Crippen LogP contribution in [0.25, 0.3) is 0 Å². The fourth-order valence-electron chi connectivity index (χ4n) is 3.25. The molecule has 0 bridgehead atoms. The van der Waals surface area contributed by atoms with Crippen LogP contribution in [0.4, 0.5) is 5.69 Å². The first-order valence-electron chi connectivity index (χ1n) is 9.57. The van der Waals surface area contributed by atoms with Crippen LogP contribution in [0.5, 0.6) is 0 Å². The first-order chi connectivity index (χ1) is 12.9. The Kier molecular flexibility index (Phi) is 6.65. The monoisotopic (exact) mass is 403 g/mol. The van der Waals surface area contributed by atoms with Gasteiger partial charge in [0.1, 0.15) is 0 Å². The quantitative estimate of drug-likeness (QED) is 0.423. The highest BCUT2D eigenvalue weighted by Crippen LogP contribution is 2.36. The SMILES string of the molecule is CC(C)c1cc(C(C)C)c(S(=O)(=O)Cc2ccc([N+](=O)[O-])cc2)c(C(C)C)c1. The highest BCUT2D eigenvalue weighted by Gasteiger charge is 2.27. The maximum absolute atomic E-state index is 13.4. The topological polar surface area (TPSA) is 77.3 Å². The van der Waals surface area contributed by atoms with Crippen LogP contribution in [0.15, 0.2) is 41.3 Å². The largest absolute Gasteiger partial charge is 0.269 e. The molecule has 28 heavy (non-hydrogen) atoms. The molecule has 0 unspecified atom stereocenters. The average Bonchev–Trinajstić information content (AvgIpc) is 2.60. The number of rotatable bonds is 7. The van der Waals surface area contributed by atoms with Crippen LogP contribution in [0.3, 0.4) is 0 Å². The Bertz CT molecular complexity index is 930. The van der Waals surface area contributed by atoms with E-state index in [0.29, 0.717) is 16.4 Å². The van der Waals surface area contributed by atoms with E-state index in [1.54, 1.807) is 0 Å². The van der Waals surface area contributed by atoms with Gasteiger partial charge in [-0.3, -0.25) is 10.1 Å². The van der Waals surface area contributed by atoms with Gasteiger partial charge in [0.15, 0.2) is 9.84 Å². The molecule has 2 aromatic rings. The minimum Gasteiger partial charge on any atom is -0.258 e. The molecular weight excluding hydrogens is 374 g/mol. The lowest BCUT2D eigenvalue weighted by Gasteiger charge is -2.23. The van der Waals surface area contributed by atoms with Gasteiger partial charge in [0.05, 0.1) is 15.6 Å². The van der Waals surface area contributed by atoms with Gasteiger partial charge in [0.2, 0.25) is 0 Å². The second-order valence-electron chi connectivity index (χ2n) is 8.18. The molecule has 0 aliphatic heterocycles. The van der Waals surface area contributed by atoms with Crippen molar-refractivity contribution in [3.05, 3.63) is 68.8 Å². The van der Waals surface area contributed by atoms with E-state index < -0.39 is 14.8 Å².